The van der Waals surface area contributed by atoms with Gasteiger partial charge in [-0.05, 0) is 12.1 Å². The summed E-state index contributed by atoms with van der Waals surface area (Å²) < 4.78 is 0. The first-order valence-electron chi connectivity index (χ1n) is 3.49. The Bertz CT molecular complexity index is 325. The van der Waals surface area contributed by atoms with E-state index < -0.39 is 0 Å². The molecule has 1 aromatic rings. The van der Waals surface area contributed by atoms with Crippen molar-refractivity contribution in [3.05, 3.63) is 33.9 Å². The lowest BCUT2D eigenvalue weighted by Gasteiger charge is -2.05. The van der Waals surface area contributed by atoms with Gasteiger partial charge in [0.25, 0.3) is 0 Å². The van der Waals surface area contributed by atoms with Gasteiger partial charge in [0.1, 0.15) is 11.0 Å². The summed E-state index contributed by atoms with van der Waals surface area (Å²) >= 11 is 17.0. The van der Waals surface area contributed by atoms with Crippen LogP contribution in [0.5, 0.6) is 0 Å². The quantitative estimate of drug-likeness (QED) is 0.813. The molecule has 5 heteroatoms. The first-order chi connectivity index (χ1) is 6.09. The first kappa shape index (κ1) is 10.6. The van der Waals surface area contributed by atoms with Crippen molar-refractivity contribution in [2.75, 3.05) is 11.9 Å². The molecular formula is C8H7Cl3N2. The minimum atomic E-state index is 0.382. The number of rotatable bonds is 3. The van der Waals surface area contributed by atoms with Crippen LogP contribution in [0.3, 0.4) is 0 Å². The molecule has 0 aliphatic rings. The van der Waals surface area contributed by atoms with Gasteiger partial charge in [0.15, 0.2) is 0 Å². The topological polar surface area (TPSA) is 24.9 Å². The Morgan fingerprint density at radius 2 is 2.15 bits per heavy atom. The van der Waals surface area contributed by atoms with Gasteiger partial charge in [-0.1, -0.05) is 41.4 Å². The van der Waals surface area contributed by atoms with Crippen LogP contribution in [0.25, 0.3) is 0 Å². The summed E-state index contributed by atoms with van der Waals surface area (Å²) in [5.74, 6) is 0.510. The molecule has 0 bridgehead atoms. The molecule has 13 heavy (non-hydrogen) atoms. The maximum atomic E-state index is 5.82. The summed E-state index contributed by atoms with van der Waals surface area (Å²) in [7, 11) is 0. The van der Waals surface area contributed by atoms with Gasteiger partial charge in [-0.3, -0.25) is 0 Å². The molecule has 0 spiro atoms. The molecule has 0 unspecified atom stereocenters. The van der Waals surface area contributed by atoms with Gasteiger partial charge in [0, 0.05) is 5.03 Å². The van der Waals surface area contributed by atoms with Crippen molar-refractivity contribution in [3.8, 4) is 0 Å². The molecule has 1 heterocycles. The number of aromatic nitrogens is 1. The lowest BCUT2D eigenvalue weighted by atomic mass is 10.4. The van der Waals surface area contributed by atoms with Gasteiger partial charge in [-0.2, -0.15) is 0 Å². The zero-order valence-corrected chi connectivity index (χ0v) is 8.92. The van der Waals surface area contributed by atoms with Crippen LogP contribution in [-0.4, -0.2) is 11.5 Å². The van der Waals surface area contributed by atoms with E-state index >= 15 is 0 Å². The second-order valence-corrected chi connectivity index (χ2v) is 3.66. The fourth-order valence-electron chi connectivity index (χ4n) is 0.722. The average molecular weight is 238 g/mol. The summed E-state index contributed by atoms with van der Waals surface area (Å²) in [4.78, 5) is 3.97. The lowest BCUT2D eigenvalue weighted by molar-refractivity contribution is 1.22. The van der Waals surface area contributed by atoms with Crippen LogP contribution in [0.15, 0.2) is 23.7 Å². The molecule has 0 saturated heterocycles. The largest absolute Gasteiger partial charge is 0.364 e. The number of hydrogen-bond donors (Lipinski definition) is 1. The maximum absolute atomic E-state index is 5.82. The standard InChI is InChI=1S/C8H7Cl3N2/c1-5(9)4-12-8-6(10)2-3-7(11)13-8/h2-3H,1,4H2,(H,12,13). The molecule has 0 saturated carbocycles. The molecule has 1 rings (SSSR count). The van der Waals surface area contributed by atoms with Gasteiger partial charge >= 0.3 is 0 Å². The monoisotopic (exact) mass is 236 g/mol. The fourth-order valence-corrected chi connectivity index (χ4v) is 1.11. The van der Waals surface area contributed by atoms with E-state index in [9.17, 15) is 0 Å². The van der Waals surface area contributed by atoms with Crippen molar-refractivity contribution < 1.29 is 0 Å². The SMILES string of the molecule is C=C(Cl)CNc1nc(Cl)ccc1Cl. The molecule has 2 nitrogen and oxygen atoms in total. The molecule has 70 valence electrons. The lowest BCUT2D eigenvalue weighted by Crippen LogP contribution is -2.03. The number of hydrogen-bond acceptors (Lipinski definition) is 2. The fraction of sp³-hybridized carbons (Fsp3) is 0.125. The predicted octanol–water partition coefficient (Wildman–Crippen LogP) is 3.55. The number of nitrogens with zero attached hydrogens (tertiary/aromatic N) is 1. The number of nitrogens with one attached hydrogen (secondary N) is 1. The van der Waals surface area contributed by atoms with Crippen LogP contribution in [0, 0.1) is 0 Å². The molecule has 0 amide bonds. The summed E-state index contributed by atoms with van der Waals surface area (Å²) in [6, 6.07) is 3.28. The van der Waals surface area contributed by atoms with Crippen molar-refractivity contribution in [1.82, 2.24) is 4.98 Å². The van der Waals surface area contributed by atoms with Gasteiger partial charge in [0.2, 0.25) is 0 Å². The molecule has 0 aliphatic carbocycles. The molecular weight excluding hydrogens is 230 g/mol. The Kier molecular flexibility index (Phi) is 3.85. The minimum Gasteiger partial charge on any atom is -0.364 e. The molecule has 0 fully saturated rings. The van der Waals surface area contributed by atoms with Crippen LogP contribution in [0.2, 0.25) is 10.2 Å². The normalized spacial score (nSPS) is 9.77. The van der Waals surface area contributed by atoms with Crippen molar-refractivity contribution >= 4 is 40.6 Å². The summed E-state index contributed by atoms with van der Waals surface area (Å²) in [6.07, 6.45) is 0. The third kappa shape index (κ3) is 3.43. The summed E-state index contributed by atoms with van der Waals surface area (Å²) in [5.41, 5.74) is 0. The molecule has 1 aromatic heterocycles. The first-order valence-corrected chi connectivity index (χ1v) is 4.62. The number of halogens is 3. The number of pyridine rings is 1. The molecule has 0 radical (unpaired) electrons. The Morgan fingerprint density at radius 1 is 1.46 bits per heavy atom. The highest BCUT2D eigenvalue weighted by Gasteiger charge is 2.01. The second kappa shape index (κ2) is 4.70. The van der Waals surface area contributed by atoms with Crippen molar-refractivity contribution in [3.63, 3.8) is 0 Å². The zero-order chi connectivity index (χ0) is 9.84. The average Bonchev–Trinajstić information content (AvgIpc) is 2.06. The number of anilines is 1. The smallest absolute Gasteiger partial charge is 0.146 e. The highest BCUT2D eigenvalue weighted by atomic mass is 35.5. The Hall–Kier alpha value is -0.440. The highest BCUT2D eigenvalue weighted by molar-refractivity contribution is 6.34. The van der Waals surface area contributed by atoms with E-state index in [2.05, 4.69) is 16.9 Å². The molecule has 0 atom stereocenters. The van der Waals surface area contributed by atoms with Gasteiger partial charge in [-0.15, -0.1) is 0 Å². The van der Waals surface area contributed by atoms with E-state index in [0.717, 1.165) is 0 Å². The maximum Gasteiger partial charge on any atom is 0.146 e. The van der Waals surface area contributed by atoms with E-state index in [-0.39, 0.29) is 0 Å². The Balaban J connectivity index is 2.75. The van der Waals surface area contributed by atoms with Crippen LogP contribution >= 0.6 is 34.8 Å². The van der Waals surface area contributed by atoms with E-state index in [1.165, 1.54) is 0 Å². The van der Waals surface area contributed by atoms with Crippen LogP contribution in [-0.2, 0) is 0 Å². The van der Waals surface area contributed by atoms with Crippen LogP contribution < -0.4 is 5.32 Å². The van der Waals surface area contributed by atoms with E-state index in [0.29, 0.717) is 27.6 Å². The summed E-state index contributed by atoms with van der Waals surface area (Å²) in [6.45, 7) is 3.93. The van der Waals surface area contributed by atoms with Crippen molar-refractivity contribution in [1.29, 1.82) is 0 Å². The predicted molar refractivity (Wildman–Crippen MR) is 57.7 cm³/mol. The van der Waals surface area contributed by atoms with Gasteiger partial charge in [0.05, 0.1) is 11.6 Å². The Morgan fingerprint density at radius 3 is 2.77 bits per heavy atom. The van der Waals surface area contributed by atoms with E-state index in [4.69, 9.17) is 34.8 Å². The third-order valence-electron chi connectivity index (χ3n) is 1.26. The van der Waals surface area contributed by atoms with Crippen LogP contribution in [0.1, 0.15) is 0 Å². The second-order valence-electron chi connectivity index (χ2n) is 2.34. The molecule has 0 aliphatic heterocycles. The van der Waals surface area contributed by atoms with E-state index in [1.54, 1.807) is 12.1 Å². The third-order valence-corrected chi connectivity index (χ3v) is 1.91. The Labute approximate surface area is 91.5 Å². The molecule has 0 aromatic carbocycles. The minimum absolute atomic E-state index is 0.382. The molecule has 1 N–H and O–H groups in total. The van der Waals surface area contributed by atoms with Gasteiger partial charge in [-0.25, -0.2) is 4.98 Å². The van der Waals surface area contributed by atoms with Crippen molar-refractivity contribution in [2.45, 2.75) is 0 Å². The van der Waals surface area contributed by atoms with Gasteiger partial charge < -0.3 is 5.32 Å². The zero-order valence-electron chi connectivity index (χ0n) is 6.65. The van der Waals surface area contributed by atoms with Crippen molar-refractivity contribution in [2.24, 2.45) is 0 Å². The van der Waals surface area contributed by atoms with Crippen LogP contribution in [0.4, 0.5) is 5.82 Å². The summed E-state index contributed by atoms with van der Waals surface area (Å²) in [5, 5.41) is 4.26. The van der Waals surface area contributed by atoms with E-state index in [1.807, 2.05) is 0 Å². The highest BCUT2D eigenvalue weighted by Crippen LogP contribution is 2.21.